The van der Waals surface area contributed by atoms with Crippen molar-refractivity contribution in [2.75, 3.05) is 26.7 Å². The van der Waals surface area contributed by atoms with Crippen LogP contribution in [-0.2, 0) is 11.2 Å². The van der Waals surface area contributed by atoms with Crippen LogP contribution in [0.1, 0.15) is 25.3 Å². The van der Waals surface area contributed by atoms with Crippen molar-refractivity contribution in [3.8, 4) is 5.75 Å². The van der Waals surface area contributed by atoms with Crippen LogP contribution in [-0.4, -0.2) is 37.6 Å². The summed E-state index contributed by atoms with van der Waals surface area (Å²) in [5.41, 5.74) is 7.02. The Morgan fingerprint density at radius 3 is 2.95 bits per heavy atom. The van der Waals surface area contributed by atoms with Crippen LogP contribution in [0, 0.1) is 5.41 Å². The SMILES string of the molecule is COc1cccc(CCC(=O)N2CCC(C)(CN)C2)c1. The van der Waals surface area contributed by atoms with Crippen LogP contribution in [0.3, 0.4) is 0 Å². The normalized spacial score (nSPS) is 22.1. The molecule has 4 nitrogen and oxygen atoms in total. The molecule has 0 radical (unpaired) electrons. The standard InChI is InChI=1S/C16H24N2O2/c1-16(11-17)8-9-18(12-16)15(19)7-6-13-4-3-5-14(10-13)20-2/h3-5,10H,6-9,11-12,17H2,1-2H3. The monoisotopic (exact) mass is 276 g/mol. The molecule has 110 valence electrons. The van der Waals surface area contributed by atoms with Crippen LogP contribution in [0.5, 0.6) is 5.75 Å². The number of hydrogen-bond donors (Lipinski definition) is 1. The summed E-state index contributed by atoms with van der Waals surface area (Å²) in [4.78, 5) is 14.2. The first-order valence-corrected chi connectivity index (χ1v) is 7.17. The average Bonchev–Trinajstić information content (AvgIpc) is 2.88. The fourth-order valence-electron chi connectivity index (χ4n) is 2.64. The minimum Gasteiger partial charge on any atom is -0.497 e. The van der Waals surface area contributed by atoms with E-state index >= 15 is 0 Å². The number of nitrogens with zero attached hydrogens (tertiary/aromatic N) is 1. The molecule has 1 aromatic carbocycles. The third-order valence-corrected chi connectivity index (χ3v) is 4.17. The van der Waals surface area contributed by atoms with Crippen molar-refractivity contribution >= 4 is 5.91 Å². The Morgan fingerprint density at radius 2 is 2.30 bits per heavy atom. The molecule has 0 aliphatic carbocycles. The van der Waals surface area contributed by atoms with Gasteiger partial charge in [0, 0.05) is 19.5 Å². The summed E-state index contributed by atoms with van der Waals surface area (Å²) >= 11 is 0. The van der Waals surface area contributed by atoms with Gasteiger partial charge in [0.1, 0.15) is 5.75 Å². The Kier molecular flexibility index (Phi) is 4.65. The highest BCUT2D eigenvalue weighted by molar-refractivity contribution is 5.76. The van der Waals surface area contributed by atoms with E-state index < -0.39 is 0 Å². The van der Waals surface area contributed by atoms with E-state index in [1.54, 1.807) is 7.11 Å². The molecule has 2 N–H and O–H groups in total. The highest BCUT2D eigenvalue weighted by Gasteiger charge is 2.34. The van der Waals surface area contributed by atoms with Crippen molar-refractivity contribution in [3.05, 3.63) is 29.8 Å². The van der Waals surface area contributed by atoms with Crippen LogP contribution in [0.15, 0.2) is 24.3 Å². The maximum Gasteiger partial charge on any atom is 0.222 e. The summed E-state index contributed by atoms with van der Waals surface area (Å²) in [5.74, 6) is 1.07. The van der Waals surface area contributed by atoms with E-state index in [1.807, 2.05) is 29.2 Å². The molecule has 0 bridgehead atoms. The van der Waals surface area contributed by atoms with Crippen molar-refractivity contribution in [3.63, 3.8) is 0 Å². The largest absolute Gasteiger partial charge is 0.497 e. The van der Waals surface area contributed by atoms with Crippen molar-refractivity contribution in [2.45, 2.75) is 26.2 Å². The second-order valence-electron chi connectivity index (χ2n) is 5.93. The Labute approximate surface area is 120 Å². The summed E-state index contributed by atoms with van der Waals surface area (Å²) in [5, 5.41) is 0. The highest BCUT2D eigenvalue weighted by atomic mass is 16.5. The number of aryl methyl sites for hydroxylation is 1. The van der Waals surface area contributed by atoms with Crippen molar-refractivity contribution < 1.29 is 9.53 Å². The van der Waals surface area contributed by atoms with E-state index in [0.717, 1.165) is 37.2 Å². The molecule has 1 amide bonds. The van der Waals surface area contributed by atoms with Crippen LogP contribution >= 0.6 is 0 Å². The zero-order chi connectivity index (χ0) is 14.6. The first kappa shape index (κ1) is 14.9. The van der Waals surface area contributed by atoms with E-state index in [9.17, 15) is 4.79 Å². The Balaban J connectivity index is 1.86. The lowest BCUT2D eigenvalue weighted by molar-refractivity contribution is -0.130. The Bertz CT molecular complexity index is 475. The number of ether oxygens (including phenoxy) is 1. The molecule has 4 heteroatoms. The van der Waals surface area contributed by atoms with Crippen LogP contribution < -0.4 is 10.5 Å². The number of hydrogen-bond acceptors (Lipinski definition) is 3. The molecule has 1 aliphatic heterocycles. The van der Waals surface area contributed by atoms with Gasteiger partial charge in [0.05, 0.1) is 7.11 Å². The quantitative estimate of drug-likeness (QED) is 0.892. The predicted octanol–water partition coefficient (Wildman–Crippen LogP) is 1.83. The number of carbonyl (C=O) groups excluding carboxylic acids is 1. The molecule has 2 rings (SSSR count). The van der Waals surface area contributed by atoms with E-state index in [-0.39, 0.29) is 11.3 Å². The average molecular weight is 276 g/mol. The zero-order valence-corrected chi connectivity index (χ0v) is 12.4. The van der Waals surface area contributed by atoms with Gasteiger partial charge in [0.15, 0.2) is 0 Å². The number of likely N-dealkylation sites (tertiary alicyclic amines) is 1. The van der Waals surface area contributed by atoms with Crippen LogP contribution in [0.4, 0.5) is 0 Å². The van der Waals surface area contributed by atoms with Crippen LogP contribution in [0.25, 0.3) is 0 Å². The van der Waals surface area contributed by atoms with Gasteiger partial charge in [0.25, 0.3) is 0 Å². The molecule has 1 saturated heterocycles. The van der Waals surface area contributed by atoms with Gasteiger partial charge in [-0.2, -0.15) is 0 Å². The second kappa shape index (κ2) is 6.27. The number of benzene rings is 1. The molecule has 0 spiro atoms. The van der Waals surface area contributed by atoms with Gasteiger partial charge in [-0.25, -0.2) is 0 Å². The minimum atomic E-state index is 0.103. The Hall–Kier alpha value is -1.55. The highest BCUT2D eigenvalue weighted by Crippen LogP contribution is 2.29. The summed E-state index contributed by atoms with van der Waals surface area (Å²) in [7, 11) is 1.65. The maximum absolute atomic E-state index is 12.2. The summed E-state index contributed by atoms with van der Waals surface area (Å²) in [6.45, 7) is 4.43. The lowest BCUT2D eigenvalue weighted by Gasteiger charge is -2.22. The zero-order valence-electron chi connectivity index (χ0n) is 12.4. The summed E-state index contributed by atoms with van der Waals surface area (Å²) in [6, 6.07) is 7.89. The molecule has 0 saturated carbocycles. The van der Waals surface area contributed by atoms with Gasteiger partial charge < -0.3 is 15.4 Å². The molecule has 1 atom stereocenters. The molecule has 1 heterocycles. The van der Waals surface area contributed by atoms with Crippen molar-refractivity contribution in [1.82, 2.24) is 4.90 Å². The molecular weight excluding hydrogens is 252 g/mol. The third kappa shape index (κ3) is 3.51. The van der Waals surface area contributed by atoms with E-state index in [2.05, 4.69) is 6.92 Å². The van der Waals surface area contributed by atoms with Crippen LogP contribution in [0.2, 0.25) is 0 Å². The molecule has 1 fully saturated rings. The van der Waals surface area contributed by atoms with Crippen molar-refractivity contribution in [2.24, 2.45) is 11.1 Å². The third-order valence-electron chi connectivity index (χ3n) is 4.17. The van der Waals surface area contributed by atoms with E-state index in [0.29, 0.717) is 13.0 Å². The molecule has 1 aromatic rings. The first-order valence-electron chi connectivity index (χ1n) is 7.17. The van der Waals surface area contributed by atoms with Gasteiger partial charge in [-0.3, -0.25) is 4.79 Å². The number of rotatable bonds is 5. The number of methoxy groups -OCH3 is 1. The minimum absolute atomic E-state index is 0.103. The second-order valence-corrected chi connectivity index (χ2v) is 5.93. The smallest absolute Gasteiger partial charge is 0.222 e. The maximum atomic E-state index is 12.2. The van der Waals surface area contributed by atoms with E-state index in [1.165, 1.54) is 0 Å². The fourth-order valence-corrected chi connectivity index (χ4v) is 2.64. The number of nitrogens with two attached hydrogens (primary N) is 1. The van der Waals surface area contributed by atoms with Gasteiger partial charge in [-0.15, -0.1) is 0 Å². The molecule has 1 unspecified atom stereocenters. The number of amides is 1. The van der Waals surface area contributed by atoms with Gasteiger partial charge in [-0.05, 0) is 42.5 Å². The first-order chi connectivity index (χ1) is 9.56. The summed E-state index contributed by atoms with van der Waals surface area (Å²) < 4.78 is 5.19. The van der Waals surface area contributed by atoms with Crippen molar-refractivity contribution in [1.29, 1.82) is 0 Å². The van der Waals surface area contributed by atoms with Gasteiger partial charge in [0.2, 0.25) is 5.91 Å². The molecular formula is C16H24N2O2. The number of carbonyl (C=O) groups is 1. The molecule has 1 aliphatic rings. The lowest BCUT2D eigenvalue weighted by atomic mass is 9.90. The van der Waals surface area contributed by atoms with Gasteiger partial charge in [-0.1, -0.05) is 19.1 Å². The Morgan fingerprint density at radius 1 is 1.50 bits per heavy atom. The fraction of sp³-hybridized carbons (Fsp3) is 0.562. The lowest BCUT2D eigenvalue weighted by Crippen LogP contribution is -2.34. The topological polar surface area (TPSA) is 55.6 Å². The molecule has 20 heavy (non-hydrogen) atoms. The molecule has 0 aromatic heterocycles. The summed E-state index contributed by atoms with van der Waals surface area (Å²) in [6.07, 6.45) is 2.31. The predicted molar refractivity (Wildman–Crippen MR) is 79.7 cm³/mol. The van der Waals surface area contributed by atoms with E-state index in [4.69, 9.17) is 10.5 Å². The van der Waals surface area contributed by atoms with Gasteiger partial charge >= 0.3 is 0 Å².